The van der Waals surface area contributed by atoms with Gasteiger partial charge in [-0.2, -0.15) is 0 Å². The van der Waals surface area contributed by atoms with E-state index in [1.165, 1.54) is 14.2 Å². The Kier molecular flexibility index (Phi) is 7.45. The van der Waals surface area contributed by atoms with Gasteiger partial charge in [-0.3, -0.25) is 9.69 Å². The van der Waals surface area contributed by atoms with Crippen molar-refractivity contribution in [3.8, 4) is 5.75 Å². The highest BCUT2D eigenvalue weighted by Gasteiger charge is 2.13. The van der Waals surface area contributed by atoms with Crippen LogP contribution in [0.15, 0.2) is 18.2 Å². The molecule has 0 aliphatic carbocycles. The molecule has 1 rings (SSSR count). The zero-order valence-corrected chi connectivity index (χ0v) is 13.2. The molecular weight excluding hydrogens is 296 g/mol. The van der Waals surface area contributed by atoms with Crippen molar-refractivity contribution < 1.29 is 19.4 Å². The van der Waals surface area contributed by atoms with Crippen LogP contribution in [0.3, 0.4) is 0 Å². The summed E-state index contributed by atoms with van der Waals surface area (Å²) in [5.74, 6) is 0.317. The molecule has 0 spiro atoms. The third kappa shape index (κ3) is 6.31. The van der Waals surface area contributed by atoms with E-state index >= 15 is 0 Å². The average molecular weight is 317 g/mol. The lowest BCUT2D eigenvalue weighted by molar-refractivity contribution is -0.117. The lowest BCUT2D eigenvalue weighted by Crippen LogP contribution is -2.37. The van der Waals surface area contributed by atoms with E-state index in [0.29, 0.717) is 23.0 Å². The largest absolute Gasteiger partial charge is 0.495 e. The molecule has 1 aromatic rings. The van der Waals surface area contributed by atoms with Gasteiger partial charge in [0.25, 0.3) is 0 Å². The number of carbonyl (C=O) groups excluding carboxylic acids is 1. The summed E-state index contributed by atoms with van der Waals surface area (Å²) in [5.41, 5.74) is 0.515. The fraction of sp³-hybridized carbons (Fsp3) is 0.500. The molecule has 1 unspecified atom stereocenters. The van der Waals surface area contributed by atoms with Gasteiger partial charge in [0.1, 0.15) is 5.75 Å². The minimum Gasteiger partial charge on any atom is -0.495 e. The number of rotatable bonds is 8. The van der Waals surface area contributed by atoms with Crippen molar-refractivity contribution in [3.63, 3.8) is 0 Å². The maximum atomic E-state index is 12.0. The van der Waals surface area contributed by atoms with Gasteiger partial charge in [0.2, 0.25) is 5.91 Å². The molecule has 0 fully saturated rings. The maximum Gasteiger partial charge on any atom is 0.238 e. The molecule has 118 valence electrons. The number of anilines is 1. The van der Waals surface area contributed by atoms with Crippen LogP contribution in [-0.4, -0.2) is 63.0 Å². The Labute approximate surface area is 129 Å². The van der Waals surface area contributed by atoms with Gasteiger partial charge in [0.15, 0.2) is 0 Å². The Balaban J connectivity index is 2.55. The first-order valence-corrected chi connectivity index (χ1v) is 6.83. The average Bonchev–Trinajstić information content (AvgIpc) is 2.38. The summed E-state index contributed by atoms with van der Waals surface area (Å²) in [6.45, 7) is 0.707. The zero-order chi connectivity index (χ0) is 15.8. The van der Waals surface area contributed by atoms with Crippen molar-refractivity contribution in [1.29, 1.82) is 0 Å². The molecule has 0 heterocycles. The van der Waals surface area contributed by atoms with E-state index in [-0.39, 0.29) is 19.1 Å². The van der Waals surface area contributed by atoms with Crippen LogP contribution in [0.2, 0.25) is 5.02 Å². The summed E-state index contributed by atoms with van der Waals surface area (Å²) in [6, 6.07) is 4.99. The quantitative estimate of drug-likeness (QED) is 0.755. The topological polar surface area (TPSA) is 71.0 Å². The van der Waals surface area contributed by atoms with Crippen molar-refractivity contribution in [2.75, 3.05) is 46.3 Å². The molecule has 0 radical (unpaired) electrons. The minimum absolute atomic E-state index is 0.135. The Bertz CT molecular complexity index is 470. The molecule has 0 aromatic heterocycles. The molecule has 1 aromatic carbocycles. The van der Waals surface area contributed by atoms with Crippen LogP contribution in [0, 0.1) is 0 Å². The molecule has 2 N–H and O–H groups in total. The summed E-state index contributed by atoms with van der Waals surface area (Å²) >= 11 is 5.90. The molecule has 1 atom stereocenters. The Hall–Kier alpha value is -1.34. The molecule has 0 aliphatic heterocycles. The summed E-state index contributed by atoms with van der Waals surface area (Å²) in [5, 5.41) is 12.8. The number of aliphatic hydroxyl groups is 1. The van der Waals surface area contributed by atoms with Crippen LogP contribution in [0.4, 0.5) is 5.69 Å². The van der Waals surface area contributed by atoms with Gasteiger partial charge in [0.05, 0.1) is 32.1 Å². The van der Waals surface area contributed by atoms with Gasteiger partial charge < -0.3 is 19.9 Å². The molecule has 0 saturated carbocycles. The molecule has 1 amide bonds. The van der Waals surface area contributed by atoms with E-state index in [4.69, 9.17) is 21.1 Å². The first-order valence-electron chi connectivity index (χ1n) is 6.45. The summed E-state index contributed by atoms with van der Waals surface area (Å²) in [6.07, 6.45) is -0.631. The number of aliphatic hydroxyl groups excluding tert-OH is 1. The van der Waals surface area contributed by atoms with Crippen LogP contribution in [0.5, 0.6) is 5.75 Å². The second kappa shape index (κ2) is 8.84. The lowest BCUT2D eigenvalue weighted by Gasteiger charge is -2.20. The monoisotopic (exact) mass is 316 g/mol. The zero-order valence-electron chi connectivity index (χ0n) is 12.4. The van der Waals surface area contributed by atoms with E-state index in [1.54, 1.807) is 30.1 Å². The number of halogens is 1. The second-order valence-electron chi connectivity index (χ2n) is 4.70. The summed E-state index contributed by atoms with van der Waals surface area (Å²) < 4.78 is 10.00. The predicted octanol–water partition coefficient (Wildman–Crippen LogP) is 1.23. The number of nitrogens with one attached hydrogen (secondary N) is 1. The van der Waals surface area contributed by atoms with E-state index in [1.807, 2.05) is 0 Å². The number of likely N-dealkylation sites (N-methyl/N-ethyl adjacent to an activating group) is 1. The number of amides is 1. The highest BCUT2D eigenvalue weighted by Crippen LogP contribution is 2.27. The number of hydrogen-bond donors (Lipinski definition) is 2. The fourth-order valence-corrected chi connectivity index (χ4v) is 2.05. The van der Waals surface area contributed by atoms with E-state index in [9.17, 15) is 9.90 Å². The summed E-state index contributed by atoms with van der Waals surface area (Å²) in [4.78, 5) is 13.7. The SMILES string of the molecule is COCC(O)CN(C)CC(=O)Nc1cc(Cl)ccc1OC. The third-order valence-corrected chi connectivity index (χ3v) is 2.97. The molecule has 21 heavy (non-hydrogen) atoms. The normalized spacial score (nSPS) is 12.3. The van der Waals surface area contributed by atoms with Gasteiger partial charge in [-0.1, -0.05) is 11.6 Å². The second-order valence-corrected chi connectivity index (χ2v) is 5.14. The van der Waals surface area contributed by atoms with Gasteiger partial charge in [-0.15, -0.1) is 0 Å². The van der Waals surface area contributed by atoms with Crippen molar-refractivity contribution in [3.05, 3.63) is 23.2 Å². The van der Waals surface area contributed by atoms with Crippen molar-refractivity contribution in [2.24, 2.45) is 0 Å². The Morgan fingerprint density at radius 2 is 2.19 bits per heavy atom. The third-order valence-electron chi connectivity index (χ3n) is 2.73. The van der Waals surface area contributed by atoms with Crippen LogP contribution in [-0.2, 0) is 9.53 Å². The predicted molar refractivity (Wildman–Crippen MR) is 82.0 cm³/mol. The Morgan fingerprint density at radius 1 is 1.48 bits per heavy atom. The number of carbonyl (C=O) groups is 1. The summed E-state index contributed by atoms with van der Waals surface area (Å²) in [7, 11) is 4.78. The minimum atomic E-state index is -0.631. The molecule has 0 saturated heterocycles. The number of ether oxygens (including phenoxy) is 2. The van der Waals surface area contributed by atoms with Crippen molar-refractivity contribution >= 4 is 23.2 Å². The lowest BCUT2D eigenvalue weighted by atomic mass is 10.3. The molecule has 0 bridgehead atoms. The van der Waals surface area contributed by atoms with Gasteiger partial charge in [-0.05, 0) is 25.2 Å². The van der Waals surface area contributed by atoms with Crippen molar-refractivity contribution in [1.82, 2.24) is 4.90 Å². The van der Waals surface area contributed by atoms with E-state index < -0.39 is 6.10 Å². The highest BCUT2D eigenvalue weighted by atomic mass is 35.5. The number of nitrogens with zero attached hydrogens (tertiary/aromatic N) is 1. The number of methoxy groups -OCH3 is 2. The van der Waals surface area contributed by atoms with Crippen molar-refractivity contribution in [2.45, 2.75) is 6.10 Å². The van der Waals surface area contributed by atoms with Crippen LogP contribution in [0.25, 0.3) is 0 Å². The Morgan fingerprint density at radius 3 is 2.81 bits per heavy atom. The van der Waals surface area contributed by atoms with Gasteiger partial charge in [-0.25, -0.2) is 0 Å². The van der Waals surface area contributed by atoms with Crippen LogP contribution < -0.4 is 10.1 Å². The number of benzene rings is 1. The molecular formula is C14H21ClN2O4. The first kappa shape index (κ1) is 17.7. The number of hydrogen-bond acceptors (Lipinski definition) is 5. The van der Waals surface area contributed by atoms with Crippen LogP contribution in [0.1, 0.15) is 0 Å². The fourth-order valence-electron chi connectivity index (χ4n) is 1.88. The van der Waals surface area contributed by atoms with Gasteiger partial charge >= 0.3 is 0 Å². The highest BCUT2D eigenvalue weighted by molar-refractivity contribution is 6.31. The van der Waals surface area contributed by atoms with Gasteiger partial charge in [0, 0.05) is 18.7 Å². The molecule has 7 heteroatoms. The molecule has 0 aliphatic rings. The standard InChI is InChI=1S/C14H21ClN2O4/c1-17(7-11(18)9-20-2)8-14(19)16-12-6-10(15)4-5-13(12)21-3/h4-6,11,18H,7-9H2,1-3H3,(H,16,19). The maximum absolute atomic E-state index is 12.0. The smallest absolute Gasteiger partial charge is 0.238 e. The van der Waals surface area contributed by atoms with E-state index in [0.717, 1.165) is 0 Å². The van der Waals surface area contributed by atoms with E-state index in [2.05, 4.69) is 5.32 Å². The first-order chi connectivity index (χ1) is 9.96. The van der Waals surface area contributed by atoms with Crippen LogP contribution >= 0.6 is 11.6 Å². The molecule has 6 nitrogen and oxygen atoms in total.